The van der Waals surface area contributed by atoms with Crippen LogP contribution in [0.25, 0.3) is 0 Å². The van der Waals surface area contributed by atoms with E-state index in [9.17, 15) is 4.79 Å². The lowest BCUT2D eigenvalue weighted by Crippen LogP contribution is -2.09. The predicted octanol–water partition coefficient (Wildman–Crippen LogP) is 4.34. The van der Waals surface area contributed by atoms with Crippen LogP contribution in [0.1, 0.15) is 57.8 Å². The first kappa shape index (κ1) is 15.0. The van der Waals surface area contributed by atoms with Gasteiger partial charge in [0.25, 0.3) is 0 Å². The standard InChI is InChI=1S/C16H26O2/c1-5-12(3)7-9-14(6-2)11-15-10-8-13(4)16(17)18-15/h8,10,12,14H,5-7,9,11H2,1-4H3. The van der Waals surface area contributed by atoms with E-state index in [2.05, 4.69) is 20.8 Å². The van der Waals surface area contributed by atoms with Crippen LogP contribution in [0.15, 0.2) is 21.3 Å². The molecule has 18 heavy (non-hydrogen) atoms. The van der Waals surface area contributed by atoms with Gasteiger partial charge in [0.15, 0.2) is 0 Å². The average Bonchev–Trinajstić information content (AvgIpc) is 2.38. The van der Waals surface area contributed by atoms with Crippen molar-refractivity contribution in [3.63, 3.8) is 0 Å². The highest BCUT2D eigenvalue weighted by molar-refractivity contribution is 5.09. The van der Waals surface area contributed by atoms with Crippen LogP contribution in [0.2, 0.25) is 0 Å². The van der Waals surface area contributed by atoms with Crippen molar-refractivity contribution >= 4 is 0 Å². The minimum Gasteiger partial charge on any atom is -0.428 e. The van der Waals surface area contributed by atoms with E-state index >= 15 is 0 Å². The maximum atomic E-state index is 11.5. The van der Waals surface area contributed by atoms with Crippen molar-refractivity contribution in [2.75, 3.05) is 0 Å². The zero-order valence-corrected chi connectivity index (χ0v) is 12.2. The molecule has 1 rings (SSSR count). The van der Waals surface area contributed by atoms with Gasteiger partial charge in [-0.1, -0.05) is 40.0 Å². The molecule has 0 amide bonds. The summed E-state index contributed by atoms with van der Waals surface area (Å²) in [5.41, 5.74) is 0.496. The summed E-state index contributed by atoms with van der Waals surface area (Å²) in [4.78, 5) is 11.5. The van der Waals surface area contributed by atoms with Crippen molar-refractivity contribution in [1.29, 1.82) is 0 Å². The lowest BCUT2D eigenvalue weighted by Gasteiger charge is -2.16. The van der Waals surface area contributed by atoms with Crippen LogP contribution >= 0.6 is 0 Å². The van der Waals surface area contributed by atoms with E-state index in [1.165, 1.54) is 19.3 Å². The zero-order valence-electron chi connectivity index (χ0n) is 12.2. The molecule has 0 aliphatic carbocycles. The SMILES string of the molecule is CCC(C)CCC(CC)Cc1ccc(C)c(=O)o1. The van der Waals surface area contributed by atoms with Gasteiger partial charge in [0.1, 0.15) is 5.76 Å². The minimum atomic E-state index is -0.190. The van der Waals surface area contributed by atoms with Gasteiger partial charge in [0.2, 0.25) is 0 Å². The third kappa shape index (κ3) is 4.67. The maximum Gasteiger partial charge on any atom is 0.338 e. The molecule has 0 spiro atoms. The number of rotatable bonds is 7. The number of aryl methyl sites for hydroxylation is 1. The van der Waals surface area contributed by atoms with E-state index in [0.29, 0.717) is 11.5 Å². The normalized spacial score (nSPS) is 14.4. The fraction of sp³-hybridized carbons (Fsp3) is 0.688. The monoisotopic (exact) mass is 250 g/mol. The van der Waals surface area contributed by atoms with Gasteiger partial charge in [-0.15, -0.1) is 0 Å². The van der Waals surface area contributed by atoms with Gasteiger partial charge in [-0.25, -0.2) is 4.79 Å². The average molecular weight is 250 g/mol. The van der Waals surface area contributed by atoms with Crippen LogP contribution in [0, 0.1) is 18.8 Å². The fourth-order valence-electron chi connectivity index (χ4n) is 2.09. The van der Waals surface area contributed by atoms with Crippen LogP contribution in [0.5, 0.6) is 0 Å². The molecule has 2 nitrogen and oxygen atoms in total. The van der Waals surface area contributed by atoms with Crippen molar-refractivity contribution in [3.05, 3.63) is 33.9 Å². The second-order valence-corrected chi connectivity index (χ2v) is 5.44. The molecular weight excluding hydrogens is 224 g/mol. The first-order valence-electron chi connectivity index (χ1n) is 7.16. The summed E-state index contributed by atoms with van der Waals surface area (Å²) >= 11 is 0. The summed E-state index contributed by atoms with van der Waals surface area (Å²) in [6, 6.07) is 3.81. The van der Waals surface area contributed by atoms with Crippen molar-refractivity contribution < 1.29 is 4.42 Å². The summed E-state index contributed by atoms with van der Waals surface area (Å²) in [5.74, 6) is 2.26. The molecule has 1 aromatic rings. The molecule has 0 saturated carbocycles. The van der Waals surface area contributed by atoms with Crippen molar-refractivity contribution in [2.24, 2.45) is 11.8 Å². The Balaban J connectivity index is 2.56. The maximum absolute atomic E-state index is 11.5. The summed E-state index contributed by atoms with van der Waals surface area (Å²) in [5, 5.41) is 0. The van der Waals surface area contributed by atoms with Gasteiger partial charge < -0.3 is 4.42 Å². The Morgan fingerprint density at radius 2 is 1.89 bits per heavy atom. The first-order valence-corrected chi connectivity index (χ1v) is 7.16. The second-order valence-electron chi connectivity index (χ2n) is 5.44. The molecule has 1 heterocycles. The molecule has 0 aliphatic rings. The summed E-state index contributed by atoms with van der Waals surface area (Å²) in [6.07, 6.45) is 5.78. The van der Waals surface area contributed by atoms with Crippen LogP contribution in [-0.2, 0) is 6.42 Å². The van der Waals surface area contributed by atoms with Crippen LogP contribution in [0.4, 0.5) is 0 Å². The van der Waals surface area contributed by atoms with Gasteiger partial charge in [0.05, 0.1) is 0 Å². The van der Waals surface area contributed by atoms with Crippen LogP contribution < -0.4 is 5.63 Å². The highest BCUT2D eigenvalue weighted by Gasteiger charge is 2.11. The molecule has 0 aromatic carbocycles. The Bertz CT molecular complexity index is 406. The number of hydrogen-bond donors (Lipinski definition) is 0. The van der Waals surface area contributed by atoms with E-state index in [0.717, 1.165) is 24.5 Å². The van der Waals surface area contributed by atoms with Gasteiger partial charge in [0, 0.05) is 12.0 Å². The molecule has 0 fully saturated rings. The number of hydrogen-bond acceptors (Lipinski definition) is 2. The fourth-order valence-corrected chi connectivity index (χ4v) is 2.09. The highest BCUT2D eigenvalue weighted by Crippen LogP contribution is 2.21. The predicted molar refractivity (Wildman–Crippen MR) is 75.9 cm³/mol. The quantitative estimate of drug-likeness (QED) is 0.720. The summed E-state index contributed by atoms with van der Waals surface area (Å²) in [7, 11) is 0. The Morgan fingerprint density at radius 3 is 2.44 bits per heavy atom. The third-order valence-electron chi connectivity index (χ3n) is 3.90. The van der Waals surface area contributed by atoms with E-state index in [1.54, 1.807) is 6.92 Å². The van der Waals surface area contributed by atoms with E-state index in [1.807, 2.05) is 12.1 Å². The van der Waals surface area contributed by atoms with Crippen LogP contribution in [-0.4, -0.2) is 0 Å². The molecule has 0 aliphatic heterocycles. The Hall–Kier alpha value is -1.05. The Labute approximate surface area is 110 Å². The molecule has 2 unspecified atom stereocenters. The Kier molecular flexibility index (Phi) is 6.17. The van der Waals surface area contributed by atoms with Gasteiger partial charge >= 0.3 is 5.63 Å². The van der Waals surface area contributed by atoms with E-state index < -0.39 is 0 Å². The minimum absolute atomic E-state index is 0.190. The lowest BCUT2D eigenvalue weighted by molar-refractivity contribution is 0.355. The van der Waals surface area contributed by atoms with E-state index in [4.69, 9.17) is 4.42 Å². The van der Waals surface area contributed by atoms with E-state index in [-0.39, 0.29) is 5.63 Å². The van der Waals surface area contributed by atoms with Crippen LogP contribution in [0.3, 0.4) is 0 Å². The smallest absolute Gasteiger partial charge is 0.338 e. The molecule has 102 valence electrons. The largest absolute Gasteiger partial charge is 0.428 e. The van der Waals surface area contributed by atoms with Gasteiger partial charge in [-0.2, -0.15) is 0 Å². The molecule has 0 radical (unpaired) electrons. The Morgan fingerprint density at radius 1 is 1.17 bits per heavy atom. The van der Waals surface area contributed by atoms with Gasteiger partial charge in [-0.05, 0) is 37.3 Å². The lowest BCUT2D eigenvalue weighted by atomic mass is 9.90. The topological polar surface area (TPSA) is 30.2 Å². The second kappa shape index (κ2) is 7.40. The molecule has 2 heteroatoms. The summed E-state index contributed by atoms with van der Waals surface area (Å²) in [6.45, 7) is 8.55. The first-order chi connectivity index (χ1) is 8.56. The van der Waals surface area contributed by atoms with Crippen molar-refractivity contribution in [2.45, 2.75) is 59.8 Å². The third-order valence-corrected chi connectivity index (χ3v) is 3.90. The molecule has 1 aromatic heterocycles. The molecule has 2 atom stereocenters. The molecule has 0 N–H and O–H groups in total. The summed E-state index contributed by atoms with van der Waals surface area (Å²) < 4.78 is 5.32. The van der Waals surface area contributed by atoms with Gasteiger partial charge in [-0.3, -0.25) is 0 Å². The highest BCUT2D eigenvalue weighted by atomic mass is 16.4. The molecule has 0 bridgehead atoms. The van der Waals surface area contributed by atoms with Crippen molar-refractivity contribution in [1.82, 2.24) is 0 Å². The molecule has 0 saturated heterocycles. The molecular formula is C16H26O2. The van der Waals surface area contributed by atoms with Crippen molar-refractivity contribution in [3.8, 4) is 0 Å². The zero-order chi connectivity index (χ0) is 13.5.